The lowest BCUT2D eigenvalue weighted by atomic mass is 10.0. The summed E-state index contributed by atoms with van der Waals surface area (Å²) in [5.41, 5.74) is 2.56. The van der Waals surface area contributed by atoms with Gasteiger partial charge in [0.2, 0.25) is 0 Å². The quantitative estimate of drug-likeness (QED) is 0.871. The summed E-state index contributed by atoms with van der Waals surface area (Å²) in [6.07, 6.45) is 2.21. The van der Waals surface area contributed by atoms with Gasteiger partial charge >= 0.3 is 0 Å². The van der Waals surface area contributed by atoms with Crippen LogP contribution in [0.25, 0.3) is 6.08 Å². The molecule has 1 nitrogen and oxygen atoms in total. The van der Waals surface area contributed by atoms with Gasteiger partial charge in [0.25, 0.3) is 0 Å². The van der Waals surface area contributed by atoms with Gasteiger partial charge in [-0.1, -0.05) is 43.2 Å². The van der Waals surface area contributed by atoms with Crippen molar-refractivity contribution in [3.05, 3.63) is 38.8 Å². The lowest BCUT2D eigenvalue weighted by molar-refractivity contribution is 0.713. The third kappa shape index (κ3) is 3.93. The van der Waals surface area contributed by atoms with Gasteiger partial charge in [-0.3, -0.25) is 0 Å². The monoisotopic (exact) mass is 301 g/mol. The first-order valence-corrected chi connectivity index (χ1v) is 6.51. The van der Waals surface area contributed by atoms with Crippen LogP contribution in [-0.2, 0) is 0 Å². The van der Waals surface area contributed by atoms with Crippen molar-refractivity contribution in [2.24, 2.45) is 5.92 Å². The van der Waals surface area contributed by atoms with Crippen molar-refractivity contribution in [1.82, 2.24) is 5.32 Å². The summed E-state index contributed by atoms with van der Waals surface area (Å²) >= 11 is 9.40. The zero-order chi connectivity index (χ0) is 12.1. The highest BCUT2D eigenvalue weighted by Crippen LogP contribution is 2.25. The summed E-state index contributed by atoms with van der Waals surface area (Å²) < 4.78 is 0.940. The molecule has 88 valence electrons. The Labute approximate surface area is 111 Å². The highest BCUT2D eigenvalue weighted by Gasteiger charge is 2.03. The maximum absolute atomic E-state index is 5.96. The molecular weight excluding hydrogens is 286 g/mol. The van der Waals surface area contributed by atoms with Crippen LogP contribution >= 0.6 is 27.5 Å². The Balaban J connectivity index is 2.98. The van der Waals surface area contributed by atoms with Crippen LogP contribution < -0.4 is 5.32 Å². The van der Waals surface area contributed by atoms with Gasteiger partial charge in [-0.05, 0) is 46.6 Å². The van der Waals surface area contributed by atoms with Crippen molar-refractivity contribution in [1.29, 1.82) is 0 Å². The van der Waals surface area contributed by atoms with E-state index < -0.39 is 0 Å². The Morgan fingerprint density at radius 3 is 2.69 bits per heavy atom. The highest BCUT2D eigenvalue weighted by molar-refractivity contribution is 9.10. The summed E-state index contributed by atoms with van der Waals surface area (Å²) in [5.74, 6) is 0.543. The maximum atomic E-state index is 5.96. The van der Waals surface area contributed by atoms with Gasteiger partial charge in [0.15, 0.2) is 0 Å². The van der Waals surface area contributed by atoms with E-state index in [4.69, 9.17) is 11.6 Å². The van der Waals surface area contributed by atoms with E-state index in [9.17, 15) is 0 Å². The smallest absolute Gasteiger partial charge is 0.0548 e. The molecule has 0 spiro atoms. The van der Waals surface area contributed by atoms with Gasteiger partial charge in [-0.15, -0.1) is 0 Å². The molecule has 0 aliphatic carbocycles. The second-order valence-corrected chi connectivity index (χ2v) is 5.34. The van der Waals surface area contributed by atoms with Gasteiger partial charge in [-0.2, -0.15) is 0 Å². The Morgan fingerprint density at radius 2 is 2.19 bits per heavy atom. The normalized spacial score (nSPS) is 12.2. The topological polar surface area (TPSA) is 12.0 Å². The van der Waals surface area contributed by atoms with Crippen LogP contribution in [0.2, 0.25) is 5.02 Å². The highest BCUT2D eigenvalue weighted by atomic mass is 79.9. The van der Waals surface area contributed by atoms with E-state index in [2.05, 4.69) is 41.2 Å². The third-order valence-electron chi connectivity index (χ3n) is 2.42. The number of rotatable bonds is 4. The lowest BCUT2D eigenvalue weighted by Crippen LogP contribution is -2.13. The van der Waals surface area contributed by atoms with Gasteiger partial charge in [0.1, 0.15) is 0 Å². The molecule has 0 aliphatic rings. The molecular formula is C13H17BrClN. The summed E-state index contributed by atoms with van der Waals surface area (Å²) in [5, 5.41) is 3.94. The average molecular weight is 303 g/mol. The third-order valence-corrected chi connectivity index (χ3v) is 3.63. The van der Waals surface area contributed by atoms with Gasteiger partial charge < -0.3 is 5.32 Å². The molecule has 3 heteroatoms. The Bertz CT molecular complexity index is 386. The van der Waals surface area contributed by atoms with Gasteiger partial charge in [0, 0.05) is 11.0 Å². The molecule has 0 saturated carbocycles. The lowest BCUT2D eigenvalue weighted by Gasteiger charge is -2.11. The first-order valence-electron chi connectivity index (χ1n) is 5.34. The minimum absolute atomic E-state index is 0.543. The molecule has 0 fully saturated rings. The van der Waals surface area contributed by atoms with E-state index in [1.54, 1.807) is 0 Å². The average Bonchev–Trinajstić information content (AvgIpc) is 2.22. The first kappa shape index (κ1) is 13.8. The summed E-state index contributed by atoms with van der Waals surface area (Å²) in [4.78, 5) is 0. The predicted octanol–water partition coefficient (Wildman–Crippen LogP) is 4.36. The van der Waals surface area contributed by atoms with E-state index in [-0.39, 0.29) is 0 Å². The van der Waals surface area contributed by atoms with Crippen LogP contribution in [-0.4, -0.2) is 13.6 Å². The second kappa shape index (κ2) is 6.43. The molecule has 0 aromatic heterocycles. The number of likely N-dealkylation sites (N-methyl/N-ethyl adjacent to an activating group) is 1. The fourth-order valence-corrected chi connectivity index (χ4v) is 1.96. The molecule has 0 heterocycles. The first-order chi connectivity index (χ1) is 7.54. The van der Waals surface area contributed by atoms with E-state index in [1.807, 2.05) is 25.2 Å². The number of hydrogen-bond acceptors (Lipinski definition) is 1. The molecule has 16 heavy (non-hydrogen) atoms. The maximum Gasteiger partial charge on any atom is 0.0548 e. The van der Waals surface area contributed by atoms with E-state index >= 15 is 0 Å². The van der Waals surface area contributed by atoms with Crippen LogP contribution in [0.4, 0.5) is 0 Å². The van der Waals surface area contributed by atoms with Crippen molar-refractivity contribution in [3.63, 3.8) is 0 Å². The molecule has 0 radical (unpaired) electrons. The second-order valence-electron chi connectivity index (χ2n) is 4.08. The molecule has 1 aromatic carbocycles. The minimum atomic E-state index is 0.543. The van der Waals surface area contributed by atoms with Crippen LogP contribution in [0.1, 0.15) is 19.4 Å². The molecule has 1 aromatic rings. The van der Waals surface area contributed by atoms with Crippen molar-refractivity contribution in [3.8, 4) is 0 Å². The van der Waals surface area contributed by atoms with E-state index in [0.717, 1.165) is 16.0 Å². The van der Waals surface area contributed by atoms with Gasteiger partial charge in [0.05, 0.1) is 5.02 Å². The van der Waals surface area contributed by atoms with Crippen molar-refractivity contribution < 1.29 is 0 Å². The summed E-state index contributed by atoms with van der Waals surface area (Å²) in [6, 6.07) is 5.99. The van der Waals surface area contributed by atoms with Crippen LogP contribution in [0, 0.1) is 5.92 Å². The van der Waals surface area contributed by atoms with Gasteiger partial charge in [-0.25, -0.2) is 0 Å². The van der Waals surface area contributed by atoms with E-state index in [1.165, 1.54) is 11.1 Å². The molecule has 1 rings (SSSR count). The number of benzene rings is 1. The molecule has 0 atom stereocenters. The molecule has 0 saturated heterocycles. The van der Waals surface area contributed by atoms with E-state index in [0.29, 0.717) is 5.92 Å². The van der Waals surface area contributed by atoms with Crippen LogP contribution in [0.15, 0.2) is 28.2 Å². The van der Waals surface area contributed by atoms with Crippen molar-refractivity contribution >= 4 is 33.6 Å². The predicted molar refractivity (Wildman–Crippen MR) is 75.9 cm³/mol. The zero-order valence-corrected chi connectivity index (χ0v) is 12.2. The zero-order valence-electron chi connectivity index (χ0n) is 9.85. The van der Waals surface area contributed by atoms with Crippen molar-refractivity contribution in [2.75, 3.05) is 13.6 Å². The molecule has 0 bridgehead atoms. The number of halogens is 2. The fourth-order valence-electron chi connectivity index (χ4n) is 1.44. The molecule has 0 amide bonds. The number of hydrogen-bond donors (Lipinski definition) is 1. The summed E-state index contributed by atoms with van der Waals surface area (Å²) in [7, 11) is 1.97. The Hall–Kier alpha value is -0.310. The SMILES string of the molecule is CNC/C(=C/c1ccc(Cl)c(Br)c1)C(C)C. The molecule has 0 unspecified atom stereocenters. The Morgan fingerprint density at radius 1 is 1.50 bits per heavy atom. The minimum Gasteiger partial charge on any atom is -0.316 e. The largest absolute Gasteiger partial charge is 0.316 e. The fraction of sp³-hybridized carbons (Fsp3) is 0.385. The molecule has 0 aliphatic heterocycles. The standard InChI is InChI=1S/C13H17BrClN/c1-9(2)11(8-16-3)6-10-4-5-13(15)12(14)7-10/h4-7,9,16H,8H2,1-3H3/b11-6-. The number of nitrogens with one attached hydrogen (secondary N) is 1. The summed E-state index contributed by atoms with van der Waals surface area (Å²) in [6.45, 7) is 5.32. The molecule has 1 N–H and O–H groups in total. The van der Waals surface area contributed by atoms with Crippen molar-refractivity contribution in [2.45, 2.75) is 13.8 Å². The Kier molecular flexibility index (Phi) is 5.53. The van der Waals surface area contributed by atoms with Crippen LogP contribution in [0.3, 0.4) is 0 Å². The van der Waals surface area contributed by atoms with Crippen LogP contribution in [0.5, 0.6) is 0 Å².